The Morgan fingerprint density at radius 2 is 1.88 bits per heavy atom. The number of aromatic nitrogens is 2. The van der Waals surface area contributed by atoms with Gasteiger partial charge in [-0.1, -0.05) is 12.8 Å². The maximum absolute atomic E-state index is 13.2. The number of morpholine rings is 1. The minimum absolute atomic E-state index is 0.0771. The number of rotatable bonds is 4. The van der Waals surface area contributed by atoms with Crippen LogP contribution in [0.2, 0.25) is 0 Å². The Bertz CT molecular complexity index is 628. The highest BCUT2D eigenvalue weighted by atomic mass is 16.5. The largest absolute Gasteiger partial charge is 0.379 e. The summed E-state index contributed by atoms with van der Waals surface area (Å²) in [5, 5.41) is 8.06. The molecule has 0 atom stereocenters. The van der Waals surface area contributed by atoms with Gasteiger partial charge in [0.2, 0.25) is 0 Å². The third kappa shape index (κ3) is 3.47. The Hall–Kier alpha value is -1.40. The highest BCUT2D eigenvalue weighted by molar-refractivity contribution is 5.95. The lowest BCUT2D eigenvalue weighted by atomic mass is 9.93. The van der Waals surface area contributed by atoms with Crippen molar-refractivity contribution < 1.29 is 9.53 Å². The van der Waals surface area contributed by atoms with Crippen LogP contribution in [0.5, 0.6) is 0 Å². The Morgan fingerprint density at radius 1 is 1.16 bits per heavy atom. The van der Waals surface area contributed by atoms with E-state index in [-0.39, 0.29) is 11.4 Å². The summed E-state index contributed by atoms with van der Waals surface area (Å²) < 4.78 is 7.28. The van der Waals surface area contributed by atoms with Crippen LogP contribution in [0.25, 0.3) is 0 Å². The standard InChI is InChI=1S/C19H30N4O2/c1-22-17(15-6-2-3-7-16(15)21-22)18(24)20-19(8-4-5-9-19)14-23-10-12-25-13-11-23/h2-14H2,1H3,(H,20,24). The van der Waals surface area contributed by atoms with E-state index in [1.165, 1.54) is 24.8 Å². The lowest BCUT2D eigenvalue weighted by molar-refractivity contribution is 0.0237. The number of nitrogens with zero attached hydrogens (tertiary/aromatic N) is 3. The molecular weight excluding hydrogens is 316 g/mol. The van der Waals surface area contributed by atoms with Gasteiger partial charge in [-0.25, -0.2) is 0 Å². The van der Waals surface area contributed by atoms with Gasteiger partial charge in [0.05, 0.1) is 24.4 Å². The smallest absolute Gasteiger partial charge is 0.270 e. The van der Waals surface area contributed by atoms with Crippen LogP contribution in [0.15, 0.2) is 0 Å². The van der Waals surface area contributed by atoms with Crippen LogP contribution >= 0.6 is 0 Å². The third-order valence-corrected chi connectivity index (χ3v) is 6.10. The van der Waals surface area contributed by atoms with Crippen LogP contribution in [0, 0.1) is 0 Å². The topological polar surface area (TPSA) is 59.4 Å². The number of amides is 1. The highest BCUT2D eigenvalue weighted by Gasteiger charge is 2.38. The summed E-state index contributed by atoms with van der Waals surface area (Å²) in [5.74, 6) is 0.0771. The zero-order valence-electron chi connectivity index (χ0n) is 15.4. The lowest BCUT2D eigenvalue weighted by Crippen LogP contribution is -2.56. The van der Waals surface area contributed by atoms with Crippen LogP contribution in [-0.2, 0) is 24.6 Å². The van der Waals surface area contributed by atoms with Crippen LogP contribution in [-0.4, -0.2) is 59.0 Å². The van der Waals surface area contributed by atoms with Crippen molar-refractivity contribution in [2.45, 2.75) is 56.9 Å². The zero-order valence-corrected chi connectivity index (χ0v) is 15.4. The number of carbonyl (C=O) groups excluding carboxylic acids is 1. The molecule has 6 nitrogen and oxygen atoms in total. The molecule has 1 aromatic heterocycles. The van der Waals surface area contributed by atoms with E-state index in [0.29, 0.717) is 0 Å². The number of carbonyl (C=O) groups is 1. The van der Waals surface area contributed by atoms with Gasteiger partial charge in [-0.05, 0) is 38.5 Å². The molecule has 0 aromatic carbocycles. The van der Waals surface area contributed by atoms with E-state index in [9.17, 15) is 4.79 Å². The summed E-state index contributed by atoms with van der Waals surface area (Å²) in [7, 11) is 1.91. The van der Waals surface area contributed by atoms with Gasteiger partial charge in [0, 0.05) is 32.2 Å². The maximum Gasteiger partial charge on any atom is 0.270 e. The maximum atomic E-state index is 13.2. The van der Waals surface area contributed by atoms with Gasteiger partial charge in [-0.15, -0.1) is 0 Å². The summed E-state index contributed by atoms with van der Waals surface area (Å²) in [6, 6.07) is 0. The summed E-state index contributed by atoms with van der Waals surface area (Å²) in [6.45, 7) is 4.50. The van der Waals surface area contributed by atoms with E-state index in [0.717, 1.165) is 76.3 Å². The molecule has 1 saturated heterocycles. The zero-order chi connectivity index (χ0) is 17.3. The Balaban J connectivity index is 1.52. The van der Waals surface area contributed by atoms with Crippen molar-refractivity contribution in [1.29, 1.82) is 0 Å². The predicted octanol–water partition coefficient (Wildman–Crippen LogP) is 1.67. The monoisotopic (exact) mass is 346 g/mol. The van der Waals surface area contributed by atoms with E-state index < -0.39 is 0 Å². The fourth-order valence-corrected chi connectivity index (χ4v) is 4.83. The van der Waals surface area contributed by atoms with Crippen LogP contribution in [0.1, 0.15) is 60.3 Å². The van der Waals surface area contributed by atoms with E-state index in [1.807, 2.05) is 11.7 Å². The molecule has 1 aliphatic heterocycles. The summed E-state index contributed by atoms with van der Waals surface area (Å²) in [4.78, 5) is 15.6. The SMILES string of the molecule is Cn1nc2c(c1C(=O)NC1(CN3CCOCC3)CCCC1)CCCC2. The molecule has 1 amide bonds. The average Bonchev–Trinajstić information content (AvgIpc) is 3.19. The number of fused-ring (bicyclic) bond motifs is 1. The highest BCUT2D eigenvalue weighted by Crippen LogP contribution is 2.32. The normalized spacial score (nSPS) is 23.4. The molecule has 3 aliphatic rings. The second-order valence-electron chi connectivity index (χ2n) is 7.93. The van der Waals surface area contributed by atoms with Crippen molar-refractivity contribution in [2.75, 3.05) is 32.8 Å². The number of ether oxygens (including phenoxy) is 1. The van der Waals surface area contributed by atoms with Crippen molar-refractivity contribution in [3.63, 3.8) is 0 Å². The van der Waals surface area contributed by atoms with Crippen LogP contribution in [0.4, 0.5) is 0 Å². The molecule has 0 unspecified atom stereocenters. The molecule has 2 heterocycles. The first-order valence-corrected chi connectivity index (χ1v) is 9.84. The minimum Gasteiger partial charge on any atom is -0.379 e. The van der Waals surface area contributed by atoms with Gasteiger partial charge in [0.15, 0.2) is 0 Å². The Kier molecular flexibility index (Phi) is 4.82. The molecule has 0 spiro atoms. The quantitative estimate of drug-likeness (QED) is 0.901. The minimum atomic E-state index is -0.0831. The molecule has 6 heteroatoms. The second-order valence-corrected chi connectivity index (χ2v) is 7.93. The first kappa shape index (κ1) is 17.0. The number of nitrogens with one attached hydrogen (secondary N) is 1. The summed E-state index contributed by atoms with van der Waals surface area (Å²) in [5.41, 5.74) is 3.03. The van der Waals surface area contributed by atoms with E-state index in [1.54, 1.807) is 0 Å². The molecule has 0 bridgehead atoms. The summed E-state index contributed by atoms with van der Waals surface area (Å²) in [6.07, 6.45) is 8.91. The fraction of sp³-hybridized carbons (Fsp3) is 0.789. The second kappa shape index (κ2) is 7.08. The Labute approximate surface area is 149 Å². The number of hydrogen-bond donors (Lipinski definition) is 1. The van der Waals surface area contributed by atoms with E-state index in [2.05, 4.69) is 15.3 Å². The first-order chi connectivity index (χ1) is 12.2. The van der Waals surface area contributed by atoms with Gasteiger partial charge in [0.1, 0.15) is 5.69 Å². The molecule has 1 saturated carbocycles. The average molecular weight is 346 g/mol. The molecule has 1 N–H and O–H groups in total. The molecule has 0 radical (unpaired) electrons. The molecular formula is C19H30N4O2. The van der Waals surface area contributed by atoms with Gasteiger partial charge in [-0.2, -0.15) is 5.10 Å². The van der Waals surface area contributed by atoms with Crippen LogP contribution in [0.3, 0.4) is 0 Å². The van der Waals surface area contributed by atoms with Crippen molar-refractivity contribution in [1.82, 2.24) is 20.0 Å². The molecule has 138 valence electrons. The first-order valence-electron chi connectivity index (χ1n) is 9.84. The fourth-order valence-electron chi connectivity index (χ4n) is 4.83. The predicted molar refractivity (Wildman–Crippen MR) is 95.8 cm³/mol. The number of aryl methyl sites for hydroxylation is 2. The molecule has 2 aliphatic carbocycles. The third-order valence-electron chi connectivity index (χ3n) is 6.10. The molecule has 25 heavy (non-hydrogen) atoms. The lowest BCUT2D eigenvalue weighted by Gasteiger charge is -2.37. The van der Waals surface area contributed by atoms with Crippen molar-refractivity contribution in [2.24, 2.45) is 7.05 Å². The Morgan fingerprint density at radius 3 is 2.64 bits per heavy atom. The van der Waals surface area contributed by atoms with Crippen LogP contribution < -0.4 is 5.32 Å². The van der Waals surface area contributed by atoms with E-state index in [4.69, 9.17) is 4.74 Å². The van der Waals surface area contributed by atoms with Gasteiger partial charge in [0.25, 0.3) is 5.91 Å². The number of hydrogen-bond acceptors (Lipinski definition) is 4. The van der Waals surface area contributed by atoms with E-state index >= 15 is 0 Å². The van der Waals surface area contributed by atoms with Crippen molar-refractivity contribution in [3.05, 3.63) is 17.0 Å². The van der Waals surface area contributed by atoms with Crippen molar-refractivity contribution in [3.8, 4) is 0 Å². The van der Waals surface area contributed by atoms with Gasteiger partial charge in [-0.3, -0.25) is 14.4 Å². The molecule has 4 rings (SSSR count). The van der Waals surface area contributed by atoms with Gasteiger partial charge < -0.3 is 10.1 Å². The van der Waals surface area contributed by atoms with Gasteiger partial charge >= 0.3 is 0 Å². The molecule has 2 fully saturated rings. The summed E-state index contributed by atoms with van der Waals surface area (Å²) >= 11 is 0. The van der Waals surface area contributed by atoms with Crippen molar-refractivity contribution >= 4 is 5.91 Å². The molecule has 1 aromatic rings.